The summed E-state index contributed by atoms with van der Waals surface area (Å²) in [5.41, 5.74) is 0. The summed E-state index contributed by atoms with van der Waals surface area (Å²) >= 11 is 1.52. The summed E-state index contributed by atoms with van der Waals surface area (Å²) < 4.78 is 0. The lowest BCUT2D eigenvalue weighted by molar-refractivity contribution is -0.119. The number of hydrogen-bond acceptors (Lipinski definition) is 2. The van der Waals surface area contributed by atoms with Gasteiger partial charge in [0.2, 0.25) is 5.91 Å². The molecule has 0 saturated carbocycles. The highest BCUT2D eigenvalue weighted by Gasteiger charge is 2.06. The number of rotatable bonds is 5. The van der Waals surface area contributed by atoms with Crippen molar-refractivity contribution < 1.29 is 4.79 Å². The monoisotopic (exact) mass is 233 g/mol. The Kier molecular flexibility index (Phi) is 5.52. The first-order valence-electron chi connectivity index (χ1n) is 5.13. The Hall–Kier alpha value is -1.40. The zero-order valence-corrected chi connectivity index (χ0v) is 10.1. The molecule has 1 rings (SSSR count). The molecule has 1 atom stereocenters. The van der Waals surface area contributed by atoms with Crippen LogP contribution in [0.3, 0.4) is 0 Å². The Morgan fingerprint density at radius 3 is 2.81 bits per heavy atom. The molecule has 0 spiro atoms. The number of amides is 1. The van der Waals surface area contributed by atoms with E-state index in [1.54, 1.807) is 0 Å². The minimum absolute atomic E-state index is 0.0246. The van der Waals surface area contributed by atoms with Crippen LogP contribution >= 0.6 is 11.8 Å². The zero-order chi connectivity index (χ0) is 11.8. The Labute approximate surface area is 101 Å². The van der Waals surface area contributed by atoms with E-state index in [4.69, 9.17) is 6.42 Å². The molecular weight excluding hydrogens is 218 g/mol. The summed E-state index contributed by atoms with van der Waals surface area (Å²) in [6, 6.07) is 9.90. The van der Waals surface area contributed by atoms with E-state index >= 15 is 0 Å². The summed E-state index contributed by atoms with van der Waals surface area (Å²) in [6.07, 6.45) is 5.73. The van der Waals surface area contributed by atoms with Gasteiger partial charge in [-0.2, -0.15) is 0 Å². The fourth-order valence-electron chi connectivity index (χ4n) is 1.21. The van der Waals surface area contributed by atoms with Gasteiger partial charge in [0.1, 0.15) is 0 Å². The molecule has 1 amide bonds. The molecular formula is C13H15NOS. The largest absolute Gasteiger partial charge is 0.352 e. The summed E-state index contributed by atoms with van der Waals surface area (Å²) in [6.45, 7) is 1.91. The van der Waals surface area contributed by atoms with Crippen LogP contribution in [0.2, 0.25) is 0 Å². The molecule has 0 bridgehead atoms. The molecule has 0 aliphatic heterocycles. The average molecular weight is 233 g/mol. The molecule has 0 aliphatic carbocycles. The molecule has 2 nitrogen and oxygen atoms in total. The van der Waals surface area contributed by atoms with Crippen LogP contribution in [0, 0.1) is 12.3 Å². The molecule has 0 aromatic heterocycles. The molecule has 0 aliphatic rings. The van der Waals surface area contributed by atoms with Gasteiger partial charge in [0, 0.05) is 17.4 Å². The molecule has 0 heterocycles. The highest BCUT2D eigenvalue weighted by atomic mass is 32.2. The van der Waals surface area contributed by atoms with Crippen LogP contribution in [0.25, 0.3) is 0 Å². The van der Waals surface area contributed by atoms with E-state index in [9.17, 15) is 4.79 Å². The summed E-state index contributed by atoms with van der Waals surface area (Å²) in [5.74, 6) is 2.98. The second kappa shape index (κ2) is 6.97. The molecule has 16 heavy (non-hydrogen) atoms. The number of benzene rings is 1. The number of carbonyl (C=O) groups excluding carboxylic acids is 1. The standard InChI is InChI=1S/C13H15NOS/c1-3-7-11(2)14-13(15)10-16-12-8-5-4-6-9-12/h1,4-6,8-9,11H,7,10H2,2H3,(H,14,15). The van der Waals surface area contributed by atoms with Gasteiger partial charge in [-0.15, -0.1) is 24.1 Å². The number of hydrogen-bond donors (Lipinski definition) is 1. The normalized spacial score (nSPS) is 11.5. The van der Waals surface area contributed by atoms with Gasteiger partial charge < -0.3 is 5.32 Å². The predicted octanol–water partition coefficient (Wildman–Crippen LogP) is 2.31. The Balaban J connectivity index is 2.28. The lowest BCUT2D eigenvalue weighted by atomic mass is 10.2. The summed E-state index contributed by atoms with van der Waals surface area (Å²) in [5, 5.41) is 2.85. The van der Waals surface area contributed by atoms with Crippen LogP contribution in [-0.4, -0.2) is 17.7 Å². The number of nitrogens with one attached hydrogen (secondary N) is 1. The van der Waals surface area contributed by atoms with Crippen LogP contribution in [0.15, 0.2) is 35.2 Å². The van der Waals surface area contributed by atoms with Crippen molar-refractivity contribution in [2.24, 2.45) is 0 Å². The minimum atomic E-state index is 0.0246. The maximum atomic E-state index is 11.5. The third-order valence-corrected chi connectivity index (χ3v) is 2.96. The van der Waals surface area contributed by atoms with E-state index in [2.05, 4.69) is 11.2 Å². The molecule has 1 unspecified atom stereocenters. The van der Waals surface area contributed by atoms with Crippen LogP contribution in [0.4, 0.5) is 0 Å². The van der Waals surface area contributed by atoms with Crippen LogP contribution in [0.5, 0.6) is 0 Å². The highest BCUT2D eigenvalue weighted by molar-refractivity contribution is 8.00. The van der Waals surface area contributed by atoms with Crippen molar-refractivity contribution >= 4 is 17.7 Å². The third-order valence-electron chi connectivity index (χ3n) is 1.94. The van der Waals surface area contributed by atoms with E-state index in [0.717, 1.165) is 4.90 Å². The minimum Gasteiger partial charge on any atom is -0.352 e. The van der Waals surface area contributed by atoms with Crippen molar-refractivity contribution in [1.82, 2.24) is 5.32 Å². The average Bonchev–Trinajstić information content (AvgIpc) is 2.28. The fourth-order valence-corrected chi connectivity index (χ4v) is 1.94. The SMILES string of the molecule is C#CCC(C)NC(=O)CSc1ccccc1. The Morgan fingerprint density at radius 1 is 1.50 bits per heavy atom. The third kappa shape index (κ3) is 4.90. The molecule has 0 radical (unpaired) electrons. The predicted molar refractivity (Wildman–Crippen MR) is 68.2 cm³/mol. The van der Waals surface area contributed by atoms with Gasteiger partial charge in [-0.3, -0.25) is 4.79 Å². The maximum absolute atomic E-state index is 11.5. The van der Waals surface area contributed by atoms with E-state index in [0.29, 0.717) is 12.2 Å². The summed E-state index contributed by atoms with van der Waals surface area (Å²) in [4.78, 5) is 12.6. The Morgan fingerprint density at radius 2 is 2.19 bits per heavy atom. The van der Waals surface area contributed by atoms with E-state index in [-0.39, 0.29) is 11.9 Å². The molecule has 1 N–H and O–H groups in total. The van der Waals surface area contributed by atoms with Gasteiger partial charge in [0.05, 0.1) is 5.75 Å². The fraction of sp³-hybridized carbons (Fsp3) is 0.308. The molecule has 3 heteroatoms. The molecule has 1 aromatic rings. The first-order valence-corrected chi connectivity index (χ1v) is 6.11. The first-order chi connectivity index (χ1) is 7.72. The van der Waals surface area contributed by atoms with Gasteiger partial charge >= 0.3 is 0 Å². The van der Waals surface area contributed by atoms with E-state index in [1.807, 2.05) is 37.3 Å². The van der Waals surface area contributed by atoms with Crippen molar-refractivity contribution in [3.05, 3.63) is 30.3 Å². The molecule has 84 valence electrons. The van der Waals surface area contributed by atoms with Crippen molar-refractivity contribution in [3.8, 4) is 12.3 Å². The van der Waals surface area contributed by atoms with Crippen molar-refractivity contribution in [2.45, 2.75) is 24.3 Å². The number of carbonyl (C=O) groups is 1. The summed E-state index contributed by atoms with van der Waals surface area (Å²) in [7, 11) is 0. The molecule has 1 aromatic carbocycles. The molecule has 0 fully saturated rings. The number of thioether (sulfide) groups is 1. The van der Waals surface area contributed by atoms with Crippen LogP contribution in [0.1, 0.15) is 13.3 Å². The lowest BCUT2D eigenvalue weighted by Crippen LogP contribution is -2.33. The van der Waals surface area contributed by atoms with Gasteiger partial charge in [-0.1, -0.05) is 18.2 Å². The maximum Gasteiger partial charge on any atom is 0.230 e. The molecule has 0 saturated heterocycles. The second-order valence-electron chi connectivity index (χ2n) is 3.48. The highest BCUT2D eigenvalue weighted by Crippen LogP contribution is 2.16. The van der Waals surface area contributed by atoms with Gasteiger partial charge in [-0.05, 0) is 19.1 Å². The second-order valence-corrected chi connectivity index (χ2v) is 4.53. The van der Waals surface area contributed by atoms with Crippen molar-refractivity contribution in [2.75, 3.05) is 5.75 Å². The van der Waals surface area contributed by atoms with E-state index < -0.39 is 0 Å². The first kappa shape index (κ1) is 12.7. The Bertz CT molecular complexity index is 369. The van der Waals surface area contributed by atoms with Crippen molar-refractivity contribution in [1.29, 1.82) is 0 Å². The van der Waals surface area contributed by atoms with Gasteiger partial charge in [-0.25, -0.2) is 0 Å². The zero-order valence-electron chi connectivity index (χ0n) is 9.27. The van der Waals surface area contributed by atoms with E-state index in [1.165, 1.54) is 11.8 Å². The van der Waals surface area contributed by atoms with Gasteiger partial charge in [0.15, 0.2) is 0 Å². The topological polar surface area (TPSA) is 29.1 Å². The van der Waals surface area contributed by atoms with Crippen molar-refractivity contribution in [3.63, 3.8) is 0 Å². The lowest BCUT2D eigenvalue weighted by Gasteiger charge is -2.10. The quantitative estimate of drug-likeness (QED) is 0.624. The smallest absolute Gasteiger partial charge is 0.230 e. The number of terminal acetylenes is 1. The van der Waals surface area contributed by atoms with Crippen LogP contribution in [-0.2, 0) is 4.79 Å². The van der Waals surface area contributed by atoms with Gasteiger partial charge in [0.25, 0.3) is 0 Å². The van der Waals surface area contributed by atoms with Crippen LogP contribution < -0.4 is 5.32 Å².